The lowest BCUT2D eigenvalue weighted by Crippen LogP contribution is -2.47. The summed E-state index contributed by atoms with van der Waals surface area (Å²) in [6.07, 6.45) is 7.13. The normalized spacial score (nSPS) is 19.7. The molecule has 0 saturated heterocycles. The van der Waals surface area contributed by atoms with Crippen LogP contribution in [0.2, 0.25) is 0 Å². The van der Waals surface area contributed by atoms with Crippen molar-refractivity contribution >= 4 is 5.91 Å². The molecule has 0 spiro atoms. The van der Waals surface area contributed by atoms with E-state index in [1.165, 1.54) is 25.7 Å². The van der Waals surface area contributed by atoms with E-state index in [1.54, 1.807) is 18.7 Å². The van der Waals surface area contributed by atoms with E-state index in [9.17, 15) is 9.90 Å². The average Bonchev–Trinajstić information content (AvgIpc) is 2.42. The van der Waals surface area contributed by atoms with Gasteiger partial charge in [-0.05, 0) is 26.7 Å². The van der Waals surface area contributed by atoms with E-state index < -0.39 is 5.60 Å². The van der Waals surface area contributed by atoms with E-state index in [0.717, 1.165) is 12.8 Å². The number of hydrogen-bond acceptors (Lipinski definition) is 2. The van der Waals surface area contributed by atoms with Gasteiger partial charge < -0.3 is 10.0 Å². The number of amides is 1. The fraction of sp³-hybridized carbons (Fsp3) is 0.917. The van der Waals surface area contributed by atoms with Gasteiger partial charge in [-0.2, -0.15) is 0 Å². The van der Waals surface area contributed by atoms with Gasteiger partial charge in [0.05, 0.1) is 0 Å². The van der Waals surface area contributed by atoms with Crippen LogP contribution in [0.25, 0.3) is 0 Å². The first-order valence-corrected chi connectivity index (χ1v) is 5.92. The number of carbonyl (C=O) groups is 1. The Labute approximate surface area is 92.5 Å². The largest absolute Gasteiger partial charge is 0.381 e. The summed E-state index contributed by atoms with van der Waals surface area (Å²) in [6.45, 7) is 3.12. The Morgan fingerprint density at radius 2 is 1.67 bits per heavy atom. The van der Waals surface area contributed by atoms with Gasteiger partial charge in [-0.1, -0.05) is 25.7 Å². The van der Waals surface area contributed by atoms with E-state index in [1.807, 2.05) is 7.05 Å². The predicted molar refractivity (Wildman–Crippen MR) is 60.6 cm³/mol. The first-order chi connectivity index (χ1) is 6.93. The highest BCUT2D eigenvalue weighted by molar-refractivity contribution is 5.84. The Morgan fingerprint density at radius 1 is 1.20 bits per heavy atom. The third kappa shape index (κ3) is 3.49. The number of carbonyl (C=O) groups excluding carboxylic acids is 1. The third-order valence-electron chi connectivity index (χ3n) is 3.22. The molecule has 0 aromatic carbocycles. The van der Waals surface area contributed by atoms with Crippen LogP contribution in [0.15, 0.2) is 0 Å². The zero-order chi connectivity index (χ0) is 11.5. The van der Waals surface area contributed by atoms with Gasteiger partial charge in [0.1, 0.15) is 5.60 Å². The zero-order valence-electron chi connectivity index (χ0n) is 10.1. The molecule has 0 radical (unpaired) electrons. The second kappa shape index (κ2) is 4.97. The molecule has 1 fully saturated rings. The van der Waals surface area contributed by atoms with Crippen molar-refractivity contribution in [2.24, 2.45) is 0 Å². The fourth-order valence-electron chi connectivity index (χ4n) is 2.24. The van der Waals surface area contributed by atoms with Crippen molar-refractivity contribution in [1.82, 2.24) is 4.90 Å². The van der Waals surface area contributed by atoms with Crippen molar-refractivity contribution in [2.75, 3.05) is 7.05 Å². The van der Waals surface area contributed by atoms with Crippen molar-refractivity contribution in [2.45, 2.75) is 64.0 Å². The summed E-state index contributed by atoms with van der Waals surface area (Å²) < 4.78 is 0. The third-order valence-corrected chi connectivity index (χ3v) is 3.22. The lowest BCUT2D eigenvalue weighted by Gasteiger charge is -2.31. The first-order valence-electron chi connectivity index (χ1n) is 5.92. The number of nitrogens with zero attached hydrogens (tertiary/aromatic N) is 1. The lowest BCUT2D eigenvalue weighted by molar-refractivity contribution is -0.148. The molecule has 1 aliphatic carbocycles. The molecule has 15 heavy (non-hydrogen) atoms. The number of likely N-dealkylation sites (N-methyl/N-ethyl adjacent to an activating group) is 1. The minimum atomic E-state index is -1.24. The van der Waals surface area contributed by atoms with Crippen LogP contribution in [0.3, 0.4) is 0 Å². The standard InChI is InChI=1S/C12H23NO2/c1-12(2,15)11(14)13(3)10-8-6-4-5-7-9-10/h10,15H,4-9H2,1-3H3. The predicted octanol–water partition coefficient (Wildman–Crippen LogP) is 1.94. The summed E-state index contributed by atoms with van der Waals surface area (Å²) in [6, 6.07) is 0.325. The van der Waals surface area contributed by atoms with Crippen LogP contribution in [0.5, 0.6) is 0 Å². The molecule has 3 heteroatoms. The van der Waals surface area contributed by atoms with Crippen molar-refractivity contribution in [3.8, 4) is 0 Å². The highest BCUT2D eigenvalue weighted by Gasteiger charge is 2.31. The smallest absolute Gasteiger partial charge is 0.253 e. The summed E-state index contributed by atoms with van der Waals surface area (Å²) in [4.78, 5) is 13.6. The molecule has 0 aromatic heterocycles. The van der Waals surface area contributed by atoms with Crippen molar-refractivity contribution in [3.05, 3.63) is 0 Å². The minimum absolute atomic E-state index is 0.158. The van der Waals surface area contributed by atoms with Gasteiger partial charge in [0.15, 0.2) is 0 Å². The van der Waals surface area contributed by atoms with Gasteiger partial charge >= 0.3 is 0 Å². The molecule has 0 unspecified atom stereocenters. The molecule has 0 aliphatic heterocycles. The van der Waals surface area contributed by atoms with Crippen molar-refractivity contribution < 1.29 is 9.90 Å². The summed E-state index contributed by atoms with van der Waals surface area (Å²) in [7, 11) is 1.82. The van der Waals surface area contributed by atoms with Crippen molar-refractivity contribution in [3.63, 3.8) is 0 Å². The van der Waals surface area contributed by atoms with E-state index in [0.29, 0.717) is 6.04 Å². The van der Waals surface area contributed by atoms with Gasteiger partial charge in [-0.3, -0.25) is 4.79 Å². The lowest BCUT2D eigenvalue weighted by atomic mass is 10.0. The summed E-state index contributed by atoms with van der Waals surface area (Å²) in [5.41, 5.74) is -1.24. The Hall–Kier alpha value is -0.570. The van der Waals surface area contributed by atoms with Crippen LogP contribution in [0.4, 0.5) is 0 Å². The molecule has 1 rings (SSSR count). The maximum atomic E-state index is 11.9. The molecular weight excluding hydrogens is 190 g/mol. The average molecular weight is 213 g/mol. The molecule has 1 N–H and O–H groups in total. The number of hydrogen-bond donors (Lipinski definition) is 1. The zero-order valence-corrected chi connectivity index (χ0v) is 10.1. The molecule has 0 heterocycles. The van der Waals surface area contributed by atoms with Crippen LogP contribution in [-0.4, -0.2) is 34.6 Å². The quantitative estimate of drug-likeness (QED) is 0.712. The molecule has 0 bridgehead atoms. The molecule has 1 amide bonds. The Kier molecular flexibility index (Phi) is 4.14. The van der Waals surface area contributed by atoms with Gasteiger partial charge in [-0.15, -0.1) is 0 Å². The van der Waals surface area contributed by atoms with Crippen molar-refractivity contribution in [1.29, 1.82) is 0 Å². The highest BCUT2D eigenvalue weighted by Crippen LogP contribution is 2.22. The van der Waals surface area contributed by atoms with E-state index >= 15 is 0 Å². The molecule has 0 atom stereocenters. The van der Waals surface area contributed by atoms with E-state index in [-0.39, 0.29) is 5.91 Å². The molecule has 88 valence electrons. The second-order valence-corrected chi connectivity index (χ2v) is 5.12. The summed E-state index contributed by atoms with van der Waals surface area (Å²) in [5.74, 6) is -0.158. The van der Waals surface area contributed by atoms with Gasteiger partial charge in [-0.25, -0.2) is 0 Å². The van der Waals surface area contributed by atoms with Crippen LogP contribution in [0, 0.1) is 0 Å². The fourth-order valence-corrected chi connectivity index (χ4v) is 2.24. The van der Waals surface area contributed by atoms with Crippen LogP contribution in [0.1, 0.15) is 52.4 Å². The van der Waals surface area contributed by atoms with E-state index in [4.69, 9.17) is 0 Å². The van der Waals surface area contributed by atoms with Gasteiger partial charge in [0, 0.05) is 13.1 Å². The molecule has 0 aromatic rings. The van der Waals surface area contributed by atoms with Crippen LogP contribution >= 0.6 is 0 Å². The number of aliphatic hydroxyl groups is 1. The Bertz CT molecular complexity index is 212. The van der Waals surface area contributed by atoms with Crippen LogP contribution < -0.4 is 0 Å². The van der Waals surface area contributed by atoms with Crippen LogP contribution in [-0.2, 0) is 4.79 Å². The second-order valence-electron chi connectivity index (χ2n) is 5.12. The maximum Gasteiger partial charge on any atom is 0.253 e. The van der Waals surface area contributed by atoms with Gasteiger partial charge in [0.2, 0.25) is 0 Å². The number of rotatable bonds is 2. The Morgan fingerprint density at radius 3 is 2.07 bits per heavy atom. The SMILES string of the molecule is CN(C(=O)C(C)(C)O)C1CCCCCC1. The summed E-state index contributed by atoms with van der Waals surface area (Å²) in [5, 5.41) is 9.67. The minimum Gasteiger partial charge on any atom is -0.381 e. The molecular formula is C12H23NO2. The molecule has 3 nitrogen and oxygen atoms in total. The molecule has 1 saturated carbocycles. The van der Waals surface area contributed by atoms with E-state index in [2.05, 4.69) is 0 Å². The highest BCUT2D eigenvalue weighted by atomic mass is 16.3. The van der Waals surface area contributed by atoms with Gasteiger partial charge in [0.25, 0.3) is 5.91 Å². The Balaban J connectivity index is 2.58. The maximum absolute atomic E-state index is 11.9. The first kappa shape index (κ1) is 12.5. The summed E-state index contributed by atoms with van der Waals surface area (Å²) >= 11 is 0. The topological polar surface area (TPSA) is 40.5 Å². The molecule has 1 aliphatic rings. The monoisotopic (exact) mass is 213 g/mol.